The monoisotopic (exact) mass is 393 g/mol. The largest absolute Gasteiger partial charge is 0.372 e. The van der Waals surface area contributed by atoms with Crippen molar-refractivity contribution in [1.82, 2.24) is 14.9 Å². The number of benzene rings is 1. The molecule has 156 valence electrons. The van der Waals surface area contributed by atoms with Crippen molar-refractivity contribution in [3.63, 3.8) is 0 Å². The van der Waals surface area contributed by atoms with Gasteiger partial charge in [0, 0.05) is 49.7 Å². The molecule has 4 rings (SSSR count). The number of hydrogen-bond acceptors (Lipinski definition) is 5. The fourth-order valence-corrected chi connectivity index (χ4v) is 4.56. The molecule has 0 unspecified atom stereocenters. The molecule has 0 N–H and O–H groups in total. The lowest BCUT2D eigenvalue weighted by Crippen LogP contribution is -2.27. The smallest absolute Gasteiger partial charge is 0.161 e. The molecule has 1 aromatic carbocycles. The zero-order valence-corrected chi connectivity index (χ0v) is 18.1. The lowest BCUT2D eigenvalue weighted by Gasteiger charge is -2.23. The summed E-state index contributed by atoms with van der Waals surface area (Å²) in [4.78, 5) is 17.0. The SMILES string of the molecule is CCc1cnc(-c2ccc(N3CCCC3)cc2)nc1N(C)CCCN1CCCC1. The van der Waals surface area contributed by atoms with E-state index in [1.807, 2.05) is 6.20 Å². The van der Waals surface area contributed by atoms with Gasteiger partial charge < -0.3 is 14.7 Å². The van der Waals surface area contributed by atoms with Crippen molar-refractivity contribution >= 4 is 11.5 Å². The molecule has 0 atom stereocenters. The second kappa shape index (κ2) is 9.57. The molecular weight excluding hydrogens is 358 g/mol. The van der Waals surface area contributed by atoms with Gasteiger partial charge in [0.15, 0.2) is 5.82 Å². The molecule has 2 saturated heterocycles. The third kappa shape index (κ3) is 4.89. The van der Waals surface area contributed by atoms with Gasteiger partial charge in [-0.25, -0.2) is 9.97 Å². The van der Waals surface area contributed by atoms with E-state index in [4.69, 9.17) is 4.98 Å². The van der Waals surface area contributed by atoms with Crippen molar-refractivity contribution in [3.05, 3.63) is 36.0 Å². The highest BCUT2D eigenvalue weighted by molar-refractivity contribution is 5.63. The van der Waals surface area contributed by atoms with E-state index in [-0.39, 0.29) is 0 Å². The van der Waals surface area contributed by atoms with E-state index >= 15 is 0 Å². The number of aromatic nitrogens is 2. The Hall–Kier alpha value is -2.14. The number of anilines is 2. The van der Waals surface area contributed by atoms with Crippen LogP contribution in [0.4, 0.5) is 11.5 Å². The summed E-state index contributed by atoms with van der Waals surface area (Å²) in [5.41, 5.74) is 3.64. The molecule has 3 heterocycles. The van der Waals surface area contributed by atoms with Crippen LogP contribution in [0.1, 0.15) is 44.6 Å². The Morgan fingerprint density at radius 3 is 2.34 bits per heavy atom. The molecule has 2 aliphatic rings. The van der Waals surface area contributed by atoms with E-state index in [9.17, 15) is 0 Å². The van der Waals surface area contributed by atoms with Gasteiger partial charge in [0.25, 0.3) is 0 Å². The minimum atomic E-state index is 0.830. The first-order chi connectivity index (χ1) is 14.2. The molecule has 5 nitrogen and oxygen atoms in total. The highest BCUT2D eigenvalue weighted by Gasteiger charge is 2.15. The van der Waals surface area contributed by atoms with Gasteiger partial charge >= 0.3 is 0 Å². The van der Waals surface area contributed by atoms with Crippen LogP contribution in [0.25, 0.3) is 11.4 Å². The molecule has 0 amide bonds. The molecule has 1 aromatic heterocycles. The summed E-state index contributed by atoms with van der Waals surface area (Å²) in [7, 11) is 2.17. The third-order valence-corrected chi connectivity index (χ3v) is 6.35. The lowest BCUT2D eigenvalue weighted by molar-refractivity contribution is 0.335. The normalized spacial score (nSPS) is 17.2. The van der Waals surface area contributed by atoms with Crippen molar-refractivity contribution in [1.29, 1.82) is 0 Å². The Morgan fingerprint density at radius 1 is 0.966 bits per heavy atom. The maximum atomic E-state index is 4.98. The van der Waals surface area contributed by atoms with Crippen molar-refractivity contribution in [3.8, 4) is 11.4 Å². The summed E-state index contributed by atoms with van der Waals surface area (Å²) in [6, 6.07) is 8.78. The highest BCUT2D eigenvalue weighted by atomic mass is 15.2. The van der Waals surface area contributed by atoms with Crippen LogP contribution >= 0.6 is 0 Å². The topological polar surface area (TPSA) is 35.5 Å². The van der Waals surface area contributed by atoms with Gasteiger partial charge in [-0.15, -0.1) is 0 Å². The first-order valence-corrected chi connectivity index (χ1v) is 11.4. The molecule has 2 fully saturated rings. The van der Waals surface area contributed by atoms with E-state index in [1.54, 1.807) is 0 Å². The molecular formula is C24H35N5. The van der Waals surface area contributed by atoms with Gasteiger partial charge in [-0.2, -0.15) is 0 Å². The molecule has 0 saturated carbocycles. The average molecular weight is 394 g/mol. The van der Waals surface area contributed by atoms with E-state index in [1.165, 1.54) is 76.1 Å². The van der Waals surface area contributed by atoms with E-state index in [0.29, 0.717) is 0 Å². The number of rotatable bonds is 8. The number of hydrogen-bond donors (Lipinski definition) is 0. The van der Waals surface area contributed by atoms with Gasteiger partial charge in [-0.05, 0) is 82.4 Å². The minimum Gasteiger partial charge on any atom is -0.372 e. The maximum Gasteiger partial charge on any atom is 0.161 e. The predicted octanol–water partition coefficient (Wildman–Crippen LogP) is 4.23. The van der Waals surface area contributed by atoms with Gasteiger partial charge in [0.05, 0.1) is 0 Å². The van der Waals surface area contributed by atoms with E-state index in [0.717, 1.165) is 30.2 Å². The summed E-state index contributed by atoms with van der Waals surface area (Å²) in [6.45, 7) is 9.31. The Labute approximate surface area is 175 Å². The van der Waals surface area contributed by atoms with Crippen LogP contribution in [0.2, 0.25) is 0 Å². The maximum absolute atomic E-state index is 4.98. The van der Waals surface area contributed by atoms with Crippen LogP contribution in [0.15, 0.2) is 30.5 Å². The molecule has 5 heteroatoms. The summed E-state index contributed by atoms with van der Waals surface area (Å²) in [5.74, 6) is 1.92. The Bertz CT molecular complexity index is 776. The number of nitrogens with zero attached hydrogens (tertiary/aromatic N) is 5. The zero-order valence-electron chi connectivity index (χ0n) is 18.1. The molecule has 2 aromatic rings. The van der Waals surface area contributed by atoms with Crippen molar-refractivity contribution in [2.45, 2.75) is 45.4 Å². The fraction of sp³-hybridized carbons (Fsp3) is 0.583. The van der Waals surface area contributed by atoms with Crippen molar-refractivity contribution in [2.24, 2.45) is 0 Å². The van der Waals surface area contributed by atoms with Gasteiger partial charge in [-0.3, -0.25) is 0 Å². The lowest BCUT2D eigenvalue weighted by atomic mass is 10.1. The minimum absolute atomic E-state index is 0.830. The predicted molar refractivity (Wildman–Crippen MR) is 122 cm³/mol. The van der Waals surface area contributed by atoms with Crippen molar-refractivity contribution in [2.75, 3.05) is 56.1 Å². The zero-order chi connectivity index (χ0) is 20.1. The highest BCUT2D eigenvalue weighted by Crippen LogP contribution is 2.26. The first-order valence-electron chi connectivity index (χ1n) is 11.4. The second-order valence-electron chi connectivity index (χ2n) is 8.46. The Morgan fingerprint density at radius 2 is 1.66 bits per heavy atom. The van der Waals surface area contributed by atoms with E-state index in [2.05, 4.69) is 57.9 Å². The third-order valence-electron chi connectivity index (χ3n) is 6.35. The van der Waals surface area contributed by atoms with Crippen LogP contribution in [0.5, 0.6) is 0 Å². The van der Waals surface area contributed by atoms with Crippen molar-refractivity contribution < 1.29 is 0 Å². The number of aryl methyl sites for hydroxylation is 1. The molecule has 29 heavy (non-hydrogen) atoms. The van der Waals surface area contributed by atoms with Gasteiger partial charge in [0.2, 0.25) is 0 Å². The summed E-state index contributed by atoms with van der Waals surface area (Å²) < 4.78 is 0. The Balaban J connectivity index is 1.45. The second-order valence-corrected chi connectivity index (χ2v) is 8.46. The summed E-state index contributed by atoms with van der Waals surface area (Å²) in [6.07, 6.45) is 9.49. The first kappa shape index (κ1) is 20.1. The van der Waals surface area contributed by atoms with Crippen LogP contribution in [0.3, 0.4) is 0 Å². The molecule has 0 spiro atoms. The van der Waals surface area contributed by atoms with Gasteiger partial charge in [0.1, 0.15) is 5.82 Å². The van der Waals surface area contributed by atoms with E-state index < -0.39 is 0 Å². The van der Waals surface area contributed by atoms with Gasteiger partial charge in [-0.1, -0.05) is 6.92 Å². The molecule has 0 radical (unpaired) electrons. The van der Waals surface area contributed by atoms with Crippen LogP contribution in [-0.4, -0.2) is 61.2 Å². The molecule has 2 aliphatic heterocycles. The number of likely N-dealkylation sites (tertiary alicyclic amines) is 1. The summed E-state index contributed by atoms with van der Waals surface area (Å²) in [5, 5.41) is 0. The fourth-order valence-electron chi connectivity index (χ4n) is 4.56. The molecule has 0 bridgehead atoms. The van der Waals surface area contributed by atoms with Crippen LogP contribution in [0, 0.1) is 0 Å². The van der Waals surface area contributed by atoms with Crippen LogP contribution < -0.4 is 9.80 Å². The Kier molecular flexibility index (Phi) is 6.65. The van der Waals surface area contributed by atoms with Crippen LogP contribution in [-0.2, 0) is 6.42 Å². The standard InChI is InChI=1S/C24H35N5/c1-3-20-19-25-23(21-9-11-22(12-10-21)29-17-6-7-18-29)26-24(20)27(2)13-8-16-28-14-4-5-15-28/h9-12,19H,3-8,13-18H2,1-2H3. The average Bonchev–Trinajstić information content (AvgIpc) is 3.48. The molecule has 0 aliphatic carbocycles. The summed E-state index contributed by atoms with van der Waals surface area (Å²) >= 11 is 0. The quantitative estimate of drug-likeness (QED) is 0.671.